The number of nitro groups is 2. The average Bonchev–Trinajstić information content (AvgIpc) is 3.60. The van der Waals surface area contributed by atoms with Crippen LogP contribution in [0.15, 0.2) is 81.7 Å². The molecule has 3 heterocycles. The van der Waals surface area contributed by atoms with E-state index in [9.17, 15) is 29.8 Å². The molecule has 15 heteroatoms. The minimum atomic E-state index is -0.829. The number of hydrogen-bond acceptors (Lipinski definition) is 12. The molecule has 0 spiro atoms. The van der Waals surface area contributed by atoms with Crippen molar-refractivity contribution in [3.8, 4) is 23.0 Å². The SMILES string of the molecule is CCOC(=O)C1=C(C)N=c2s/c(=C\c3ccc(Oc4ccc([N+](=O)[O-])cc4[N+](=O)[O-])cc3)c(=O)n2[C@H]1c1ccc2c(c1)OCO2. The fourth-order valence-corrected chi connectivity index (χ4v) is 6.00. The van der Waals surface area contributed by atoms with Gasteiger partial charge in [0, 0.05) is 6.07 Å². The van der Waals surface area contributed by atoms with Crippen LogP contribution in [0.5, 0.6) is 23.0 Å². The van der Waals surface area contributed by atoms with Crippen LogP contribution in [0, 0.1) is 20.2 Å². The number of non-ortho nitro benzene ring substituents is 1. The van der Waals surface area contributed by atoms with E-state index >= 15 is 0 Å². The number of ether oxygens (including phenoxy) is 4. The standard InChI is InChI=1S/C30H22N4O10S/c1-3-41-29(36)26-16(2)31-30-32(27(26)18-6-10-23-24(13-18)43-15-42-23)28(35)25(45-30)12-17-4-8-20(9-5-17)44-22-11-7-19(33(37)38)14-21(22)34(39)40/h4-14,27H,3,15H2,1-2H3/b25-12-/t27-/m0/s1. The number of allylic oxidation sites excluding steroid dienone is 1. The molecule has 6 rings (SSSR count). The van der Waals surface area contributed by atoms with E-state index in [0.717, 1.165) is 29.5 Å². The summed E-state index contributed by atoms with van der Waals surface area (Å²) in [4.78, 5) is 52.9. The van der Waals surface area contributed by atoms with Crippen LogP contribution in [-0.2, 0) is 9.53 Å². The minimum absolute atomic E-state index is 0.0652. The van der Waals surface area contributed by atoms with Crippen LogP contribution >= 0.6 is 11.3 Å². The Morgan fingerprint density at radius 2 is 1.82 bits per heavy atom. The van der Waals surface area contributed by atoms with Gasteiger partial charge in [0.15, 0.2) is 16.3 Å². The molecule has 14 nitrogen and oxygen atoms in total. The number of thiazole rings is 1. The van der Waals surface area contributed by atoms with E-state index in [1.54, 1.807) is 62.4 Å². The lowest BCUT2D eigenvalue weighted by Crippen LogP contribution is -2.39. The summed E-state index contributed by atoms with van der Waals surface area (Å²) < 4.78 is 23.7. The zero-order valence-corrected chi connectivity index (χ0v) is 24.4. The van der Waals surface area contributed by atoms with Crippen molar-refractivity contribution in [2.24, 2.45) is 4.99 Å². The molecular weight excluding hydrogens is 608 g/mol. The Kier molecular flexibility index (Phi) is 7.60. The Morgan fingerprint density at radius 1 is 1.07 bits per heavy atom. The van der Waals surface area contributed by atoms with Gasteiger partial charge in [-0.15, -0.1) is 0 Å². The van der Waals surface area contributed by atoms with Crippen molar-refractivity contribution in [3.63, 3.8) is 0 Å². The number of carbonyl (C=O) groups excluding carboxylic acids is 1. The highest BCUT2D eigenvalue weighted by Gasteiger charge is 2.34. The molecule has 1 atom stereocenters. The zero-order chi connectivity index (χ0) is 31.8. The second-order valence-electron chi connectivity index (χ2n) is 9.75. The second kappa shape index (κ2) is 11.7. The molecule has 0 saturated carbocycles. The summed E-state index contributed by atoms with van der Waals surface area (Å²) in [6.07, 6.45) is 1.65. The molecule has 0 saturated heterocycles. The maximum absolute atomic E-state index is 13.9. The number of nitrogens with zero attached hydrogens (tertiary/aromatic N) is 4. The van der Waals surface area contributed by atoms with Gasteiger partial charge in [0.25, 0.3) is 11.2 Å². The second-order valence-corrected chi connectivity index (χ2v) is 10.8. The van der Waals surface area contributed by atoms with Crippen LogP contribution in [0.2, 0.25) is 0 Å². The van der Waals surface area contributed by atoms with Gasteiger partial charge in [-0.05, 0) is 61.4 Å². The number of benzene rings is 3. The molecule has 0 unspecified atom stereocenters. The van der Waals surface area contributed by atoms with E-state index in [1.807, 2.05) is 0 Å². The van der Waals surface area contributed by atoms with Gasteiger partial charge in [0.05, 0.1) is 44.4 Å². The number of esters is 1. The molecule has 0 radical (unpaired) electrons. The van der Waals surface area contributed by atoms with Gasteiger partial charge in [-0.2, -0.15) is 0 Å². The first-order valence-electron chi connectivity index (χ1n) is 13.4. The molecule has 3 aromatic carbocycles. The largest absolute Gasteiger partial charge is 0.463 e. The van der Waals surface area contributed by atoms with Gasteiger partial charge in [-0.25, -0.2) is 9.79 Å². The van der Waals surface area contributed by atoms with Crippen molar-refractivity contribution in [2.45, 2.75) is 19.9 Å². The molecular formula is C30H22N4O10S. The van der Waals surface area contributed by atoms with Crippen LogP contribution in [-0.4, -0.2) is 33.8 Å². The number of hydrogen-bond donors (Lipinski definition) is 0. The zero-order valence-electron chi connectivity index (χ0n) is 23.6. The third kappa shape index (κ3) is 5.51. The molecule has 0 N–H and O–H groups in total. The number of carbonyl (C=O) groups is 1. The average molecular weight is 631 g/mol. The molecule has 0 bridgehead atoms. The smallest absolute Gasteiger partial charge is 0.338 e. The molecule has 0 amide bonds. The summed E-state index contributed by atoms with van der Waals surface area (Å²) in [5, 5.41) is 22.5. The first-order chi connectivity index (χ1) is 21.6. The van der Waals surface area contributed by atoms with E-state index in [4.69, 9.17) is 18.9 Å². The van der Waals surface area contributed by atoms with Gasteiger partial charge in [-0.1, -0.05) is 29.5 Å². The summed E-state index contributed by atoms with van der Waals surface area (Å²) in [6.45, 7) is 3.60. The summed E-state index contributed by atoms with van der Waals surface area (Å²) >= 11 is 1.15. The van der Waals surface area contributed by atoms with Crippen molar-refractivity contribution in [3.05, 3.63) is 123 Å². The summed E-state index contributed by atoms with van der Waals surface area (Å²) in [7, 11) is 0. The lowest BCUT2D eigenvalue weighted by atomic mass is 9.95. The molecule has 4 aromatic rings. The molecule has 0 aliphatic carbocycles. The first-order valence-corrected chi connectivity index (χ1v) is 14.3. The maximum atomic E-state index is 13.9. The van der Waals surface area contributed by atoms with Crippen molar-refractivity contribution in [2.75, 3.05) is 13.4 Å². The van der Waals surface area contributed by atoms with Crippen molar-refractivity contribution in [1.82, 2.24) is 4.57 Å². The third-order valence-corrected chi connectivity index (χ3v) is 7.97. The van der Waals surface area contributed by atoms with Crippen LogP contribution < -0.4 is 29.1 Å². The minimum Gasteiger partial charge on any atom is -0.463 e. The number of rotatable bonds is 8. The fourth-order valence-electron chi connectivity index (χ4n) is 4.95. The van der Waals surface area contributed by atoms with Crippen LogP contribution in [0.25, 0.3) is 6.08 Å². The van der Waals surface area contributed by atoms with Gasteiger partial charge < -0.3 is 18.9 Å². The highest BCUT2D eigenvalue weighted by atomic mass is 32.1. The first kappa shape index (κ1) is 29.3. The Hall–Kier alpha value is -5.83. The Bertz CT molecular complexity index is 2100. The highest BCUT2D eigenvalue weighted by molar-refractivity contribution is 7.07. The van der Waals surface area contributed by atoms with E-state index in [2.05, 4.69) is 4.99 Å². The van der Waals surface area contributed by atoms with Gasteiger partial charge in [-0.3, -0.25) is 29.6 Å². The summed E-state index contributed by atoms with van der Waals surface area (Å²) in [6, 6.07) is 13.9. The van der Waals surface area contributed by atoms with E-state index in [0.29, 0.717) is 37.7 Å². The van der Waals surface area contributed by atoms with Crippen molar-refractivity contribution < 1.29 is 33.6 Å². The summed E-state index contributed by atoms with van der Waals surface area (Å²) in [5.41, 5.74) is 0.526. The molecule has 228 valence electrons. The molecule has 45 heavy (non-hydrogen) atoms. The quantitative estimate of drug-likeness (QED) is 0.156. The highest BCUT2D eigenvalue weighted by Crippen LogP contribution is 2.38. The third-order valence-electron chi connectivity index (χ3n) is 6.99. The molecule has 0 fully saturated rings. The van der Waals surface area contributed by atoms with Crippen LogP contribution in [0.4, 0.5) is 11.4 Å². The number of nitro benzene ring substituents is 2. The Labute approximate surface area is 257 Å². The van der Waals surface area contributed by atoms with Gasteiger partial charge in [0.2, 0.25) is 12.5 Å². The molecule has 2 aliphatic heterocycles. The van der Waals surface area contributed by atoms with Crippen LogP contribution in [0.3, 0.4) is 0 Å². The van der Waals surface area contributed by atoms with Crippen LogP contribution in [0.1, 0.15) is 31.0 Å². The lowest BCUT2D eigenvalue weighted by molar-refractivity contribution is -0.394. The number of aromatic nitrogens is 1. The normalized spacial score (nSPS) is 15.3. The predicted octanol–water partition coefficient (Wildman–Crippen LogP) is 4.14. The van der Waals surface area contributed by atoms with Crippen molar-refractivity contribution >= 4 is 34.8 Å². The fraction of sp³-hybridized carbons (Fsp3) is 0.167. The van der Waals surface area contributed by atoms with E-state index in [1.165, 1.54) is 4.57 Å². The lowest BCUT2D eigenvalue weighted by Gasteiger charge is -2.24. The van der Waals surface area contributed by atoms with Crippen molar-refractivity contribution in [1.29, 1.82) is 0 Å². The predicted molar refractivity (Wildman–Crippen MR) is 159 cm³/mol. The monoisotopic (exact) mass is 630 g/mol. The topological polar surface area (TPSA) is 175 Å². The summed E-state index contributed by atoms with van der Waals surface area (Å²) in [5.74, 6) is 0.541. The molecule has 1 aromatic heterocycles. The Balaban J connectivity index is 1.36. The Morgan fingerprint density at radius 3 is 2.53 bits per heavy atom. The maximum Gasteiger partial charge on any atom is 0.338 e. The van der Waals surface area contributed by atoms with E-state index in [-0.39, 0.29) is 36.0 Å². The van der Waals surface area contributed by atoms with E-state index < -0.39 is 33.2 Å². The van der Waals surface area contributed by atoms with Gasteiger partial charge >= 0.3 is 11.7 Å². The van der Waals surface area contributed by atoms with Gasteiger partial charge in [0.1, 0.15) is 5.75 Å². The molecule has 2 aliphatic rings. The number of fused-ring (bicyclic) bond motifs is 2.